The van der Waals surface area contributed by atoms with Gasteiger partial charge in [0.2, 0.25) is 11.1 Å². The van der Waals surface area contributed by atoms with E-state index in [0.717, 1.165) is 19.4 Å². The zero-order valence-electron chi connectivity index (χ0n) is 15.3. The summed E-state index contributed by atoms with van der Waals surface area (Å²) >= 11 is 1.23. The number of anilines is 1. The number of benzene rings is 1. The second-order valence-corrected chi connectivity index (χ2v) is 7.42. The Morgan fingerprint density at radius 3 is 3.00 bits per heavy atom. The van der Waals surface area contributed by atoms with Crippen LogP contribution in [0.4, 0.5) is 5.69 Å². The summed E-state index contributed by atoms with van der Waals surface area (Å²) < 4.78 is 12.8. The van der Waals surface area contributed by atoms with Crippen LogP contribution in [-0.4, -0.2) is 50.4 Å². The highest BCUT2D eigenvalue weighted by molar-refractivity contribution is 7.99. The van der Waals surface area contributed by atoms with Gasteiger partial charge in [0.05, 0.1) is 24.1 Å². The number of nitrogens with one attached hydrogen (secondary N) is 1. The third-order valence-electron chi connectivity index (χ3n) is 4.41. The van der Waals surface area contributed by atoms with Crippen LogP contribution >= 0.6 is 11.8 Å². The molecule has 0 aliphatic carbocycles. The maximum Gasteiger partial charge on any atom is 0.234 e. The Morgan fingerprint density at radius 1 is 1.36 bits per heavy atom. The van der Waals surface area contributed by atoms with E-state index in [1.807, 2.05) is 12.1 Å². The molecule has 1 fully saturated rings. The van der Waals surface area contributed by atoms with Gasteiger partial charge in [-0.15, -0.1) is 5.10 Å². The van der Waals surface area contributed by atoms with Crippen LogP contribution < -0.4 is 5.32 Å². The van der Waals surface area contributed by atoms with Crippen LogP contribution in [0.25, 0.3) is 11.0 Å². The van der Waals surface area contributed by atoms with Crippen LogP contribution in [0.3, 0.4) is 0 Å². The van der Waals surface area contributed by atoms with E-state index in [4.69, 9.17) is 9.15 Å². The van der Waals surface area contributed by atoms with Crippen molar-refractivity contribution in [1.29, 1.82) is 0 Å². The number of thioether (sulfide) groups is 1. The molecule has 0 spiro atoms. The lowest BCUT2D eigenvalue weighted by molar-refractivity contribution is -0.113. The number of tetrazole rings is 1. The van der Waals surface area contributed by atoms with Crippen LogP contribution in [0, 0.1) is 0 Å². The zero-order chi connectivity index (χ0) is 19.5. The van der Waals surface area contributed by atoms with Crippen molar-refractivity contribution in [2.24, 2.45) is 0 Å². The molecule has 10 heteroatoms. The lowest BCUT2D eigenvalue weighted by Crippen LogP contribution is -2.18. The van der Waals surface area contributed by atoms with E-state index >= 15 is 0 Å². The number of ether oxygens (including phenoxy) is 1. The first-order valence-electron chi connectivity index (χ1n) is 8.94. The number of carbonyl (C=O) groups is 2. The van der Waals surface area contributed by atoms with Crippen LogP contribution in [-0.2, 0) is 16.1 Å². The molecule has 1 aliphatic rings. The molecule has 4 rings (SSSR count). The number of furan rings is 1. The van der Waals surface area contributed by atoms with Crippen molar-refractivity contribution >= 4 is 40.1 Å². The Labute approximate surface area is 164 Å². The van der Waals surface area contributed by atoms with Gasteiger partial charge in [-0.1, -0.05) is 23.9 Å². The van der Waals surface area contributed by atoms with Gasteiger partial charge in [-0.3, -0.25) is 9.59 Å². The van der Waals surface area contributed by atoms with Crippen molar-refractivity contribution in [3.63, 3.8) is 0 Å². The first kappa shape index (κ1) is 18.6. The molecule has 1 aromatic carbocycles. The quantitative estimate of drug-likeness (QED) is 0.475. The Kier molecular flexibility index (Phi) is 5.40. The SMILES string of the molecule is CC(=O)c1oc2ccccc2c1NC(=O)CSc1nnnn1C[C@H]1CCCO1. The third-order valence-corrected chi connectivity index (χ3v) is 5.37. The van der Waals surface area contributed by atoms with Crippen molar-refractivity contribution in [1.82, 2.24) is 20.2 Å². The molecule has 1 saturated heterocycles. The van der Waals surface area contributed by atoms with Crippen LogP contribution in [0.2, 0.25) is 0 Å². The number of para-hydroxylation sites is 1. The number of hydrogen-bond donors (Lipinski definition) is 1. The molecule has 0 unspecified atom stereocenters. The lowest BCUT2D eigenvalue weighted by Gasteiger charge is -2.10. The Morgan fingerprint density at radius 2 is 2.21 bits per heavy atom. The summed E-state index contributed by atoms with van der Waals surface area (Å²) in [6.45, 7) is 2.73. The van der Waals surface area contributed by atoms with E-state index in [1.54, 1.807) is 16.8 Å². The van der Waals surface area contributed by atoms with Gasteiger partial charge in [-0.05, 0) is 35.4 Å². The molecule has 1 aliphatic heterocycles. The van der Waals surface area contributed by atoms with Gasteiger partial charge in [-0.2, -0.15) is 0 Å². The predicted molar refractivity (Wildman–Crippen MR) is 102 cm³/mol. The van der Waals surface area contributed by atoms with E-state index in [0.29, 0.717) is 28.4 Å². The normalized spacial score (nSPS) is 16.5. The average molecular weight is 401 g/mol. The minimum Gasteiger partial charge on any atom is -0.451 e. The van der Waals surface area contributed by atoms with Gasteiger partial charge >= 0.3 is 0 Å². The van der Waals surface area contributed by atoms with Gasteiger partial charge in [-0.25, -0.2) is 4.68 Å². The van der Waals surface area contributed by atoms with Gasteiger partial charge in [0, 0.05) is 18.9 Å². The average Bonchev–Trinajstić information content (AvgIpc) is 3.41. The van der Waals surface area contributed by atoms with E-state index < -0.39 is 0 Å². The fourth-order valence-electron chi connectivity index (χ4n) is 3.12. The van der Waals surface area contributed by atoms with E-state index in [-0.39, 0.29) is 29.3 Å². The number of rotatable bonds is 7. The van der Waals surface area contributed by atoms with Crippen LogP contribution in [0.1, 0.15) is 30.3 Å². The van der Waals surface area contributed by atoms with Crippen molar-refractivity contribution < 1.29 is 18.7 Å². The molecule has 3 aromatic rings. The first-order chi connectivity index (χ1) is 13.6. The molecular weight excluding hydrogens is 382 g/mol. The minimum atomic E-state index is -0.272. The fourth-order valence-corrected chi connectivity index (χ4v) is 3.81. The maximum absolute atomic E-state index is 12.5. The zero-order valence-corrected chi connectivity index (χ0v) is 16.1. The summed E-state index contributed by atoms with van der Waals surface area (Å²) in [6, 6.07) is 7.19. The van der Waals surface area contributed by atoms with E-state index in [2.05, 4.69) is 20.8 Å². The maximum atomic E-state index is 12.5. The van der Waals surface area contributed by atoms with Gasteiger partial charge < -0.3 is 14.5 Å². The Hall–Kier alpha value is -2.72. The number of fused-ring (bicyclic) bond motifs is 1. The first-order valence-corrected chi connectivity index (χ1v) is 9.93. The molecule has 1 amide bonds. The summed E-state index contributed by atoms with van der Waals surface area (Å²) in [5.41, 5.74) is 0.948. The third kappa shape index (κ3) is 3.92. The summed E-state index contributed by atoms with van der Waals surface area (Å²) in [5.74, 6) is -0.281. The molecule has 0 radical (unpaired) electrons. The highest BCUT2D eigenvalue weighted by atomic mass is 32.2. The lowest BCUT2D eigenvalue weighted by atomic mass is 10.2. The molecule has 0 bridgehead atoms. The van der Waals surface area contributed by atoms with Gasteiger partial charge in [0.25, 0.3) is 0 Å². The number of aromatic nitrogens is 4. The second-order valence-electron chi connectivity index (χ2n) is 6.47. The van der Waals surface area contributed by atoms with Gasteiger partial charge in [0.1, 0.15) is 5.58 Å². The number of ketones is 1. The van der Waals surface area contributed by atoms with E-state index in [9.17, 15) is 9.59 Å². The van der Waals surface area contributed by atoms with Gasteiger partial charge in [0.15, 0.2) is 11.5 Å². The predicted octanol–water partition coefficient (Wildman–Crippen LogP) is 2.53. The van der Waals surface area contributed by atoms with Crippen molar-refractivity contribution in [2.75, 3.05) is 17.7 Å². The van der Waals surface area contributed by atoms with Crippen molar-refractivity contribution in [3.05, 3.63) is 30.0 Å². The summed E-state index contributed by atoms with van der Waals surface area (Å²) in [4.78, 5) is 24.4. The highest BCUT2D eigenvalue weighted by Gasteiger charge is 2.21. The number of amides is 1. The topological polar surface area (TPSA) is 112 Å². The number of hydrogen-bond acceptors (Lipinski definition) is 8. The molecular formula is C18H19N5O4S. The van der Waals surface area contributed by atoms with Crippen LogP contribution in [0.15, 0.2) is 33.8 Å². The standard InChI is InChI=1S/C18H19N5O4S/c1-11(24)17-16(13-6-2-3-7-14(13)27-17)19-15(25)10-28-18-20-21-22-23(18)9-12-5-4-8-26-12/h2-3,6-7,12H,4-5,8-10H2,1H3,(H,19,25)/t12-/m1/s1. The molecule has 9 nitrogen and oxygen atoms in total. The molecule has 0 saturated carbocycles. The largest absolute Gasteiger partial charge is 0.451 e. The molecule has 146 valence electrons. The summed E-state index contributed by atoms with van der Waals surface area (Å²) in [6.07, 6.45) is 2.12. The van der Waals surface area contributed by atoms with Crippen LogP contribution in [0.5, 0.6) is 0 Å². The molecule has 3 heterocycles. The Bertz CT molecular complexity index is 1010. The smallest absolute Gasteiger partial charge is 0.234 e. The molecule has 1 N–H and O–H groups in total. The fraction of sp³-hybridized carbons (Fsp3) is 0.389. The van der Waals surface area contributed by atoms with E-state index in [1.165, 1.54) is 18.7 Å². The monoisotopic (exact) mass is 401 g/mol. The number of carbonyl (C=O) groups excluding carboxylic acids is 2. The Balaban J connectivity index is 1.43. The number of Topliss-reactive ketones (excluding diaryl/α,β-unsaturated/α-hetero) is 1. The molecule has 28 heavy (non-hydrogen) atoms. The second kappa shape index (κ2) is 8.11. The molecule has 1 atom stereocenters. The number of nitrogens with zero attached hydrogens (tertiary/aromatic N) is 4. The summed E-state index contributed by atoms with van der Waals surface area (Å²) in [7, 11) is 0. The highest BCUT2D eigenvalue weighted by Crippen LogP contribution is 2.31. The summed E-state index contributed by atoms with van der Waals surface area (Å²) in [5, 5.41) is 15.7. The van der Waals surface area contributed by atoms with Crippen molar-refractivity contribution in [2.45, 2.75) is 37.6 Å². The minimum absolute atomic E-state index is 0.0999. The molecule has 2 aromatic heterocycles. The van der Waals surface area contributed by atoms with Crippen molar-refractivity contribution in [3.8, 4) is 0 Å².